The number of allylic oxidation sites excluding steroid dienone is 1. The molecule has 0 saturated heterocycles. The second kappa shape index (κ2) is 5.19. The fraction of sp³-hybridized carbons (Fsp3) is 0.167. The van der Waals surface area contributed by atoms with Crippen LogP contribution >= 0.6 is 0 Å². The Balaban J connectivity index is 2.25. The Hall–Kier alpha value is -2.39. The third kappa shape index (κ3) is 2.48. The summed E-state index contributed by atoms with van der Waals surface area (Å²) in [6.07, 6.45) is 1.07. The normalized spacial score (nSPS) is 12.5. The van der Waals surface area contributed by atoms with Crippen LogP contribution in [0.3, 0.4) is 0 Å². The number of para-hydroxylation sites is 1. The van der Waals surface area contributed by atoms with Crippen LogP contribution in [0.15, 0.2) is 63.3 Å². The monoisotopic (exact) mass is 280 g/mol. The largest absolute Gasteiger partial charge is 0.456 e. The van der Waals surface area contributed by atoms with Crippen molar-refractivity contribution >= 4 is 21.9 Å². The number of hydrogen-bond donors (Lipinski definition) is 1. The number of hydrogen-bond acceptors (Lipinski definition) is 3. The highest BCUT2D eigenvalue weighted by atomic mass is 16.3. The molecule has 1 atom stereocenters. The lowest BCUT2D eigenvalue weighted by Crippen LogP contribution is -2.03. The van der Waals surface area contributed by atoms with Gasteiger partial charge in [-0.1, -0.05) is 29.8 Å². The highest BCUT2D eigenvalue weighted by molar-refractivity contribution is 5.89. The second-order valence-electron chi connectivity index (χ2n) is 5.37. The summed E-state index contributed by atoms with van der Waals surface area (Å²) in [6.45, 7) is 3.86. The maximum atomic E-state index is 12.4. The summed E-state index contributed by atoms with van der Waals surface area (Å²) in [7, 11) is 0. The van der Waals surface area contributed by atoms with Crippen molar-refractivity contribution in [2.75, 3.05) is 0 Å². The molecule has 3 nitrogen and oxygen atoms in total. The van der Waals surface area contributed by atoms with Crippen LogP contribution in [0.1, 0.15) is 25.5 Å². The van der Waals surface area contributed by atoms with E-state index in [0.717, 1.165) is 5.57 Å². The SMILES string of the molecule is CC(C)=CC(O)c1ccc2c(=O)c3ccccc3oc2c1. The van der Waals surface area contributed by atoms with Gasteiger partial charge < -0.3 is 9.52 Å². The zero-order chi connectivity index (χ0) is 15.0. The third-order valence-electron chi connectivity index (χ3n) is 3.43. The fourth-order valence-electron chi connectivity index (χ4n) is 2.41. The predicted octanol–water partition coefficient (Wildman–Crippen LogP) is 3.95. The van der Waals surface area contributed by atoms with Crippen LogP contribution in [0.4, 0.5) is 0 Å². The summed E-state index contributed by atoms with van der Waals surface area (Å²) in [5.74, 6) is 0. The number of aliphatic hydroxyl groups excluding tert-OH is 1. The minimum Gasteiger partial charge on any atom is -0.456 e. The van der Waals surface area contributed by atoms with E-state index < -0.39 is 6.10 Å². The van der Waals surface area contributed by atoms with Gasteiger partial charge in [0.25, 0.3) is 0 Å². The number of rotatable bonds is 2. The molecule has 3 heteroatoms. The third-order valence-corrected chi connectivity index (χ3v) is 3.43. The highest BCUT2D eigenvalue weighted by Gasteiger charge is 2.10. The van der Waals surface area contributed by atoms with Crippen molar-refractivity contribution < 1.29 is 9.52 Å². The van der Waals surface area contributed by atoms with Crippen LogP contribution in [0.25, 0.3) is 21.9 Å². The van der Waals surface area contributed by atoms with Crippen molar-refractivity contribution in [1.82, 2.24) is 0 Å². The van der Waals surface area contributed by atoms with Crippen LogP contribution in [0, 0.1) is 0 Å². The molecule has 21 heavy (non-hydrogen) atoms. The number of fused-ring (bicyclic) bond motifs is 2. The molecule has 0 bridgehead atoms. The maximum Gasteiger partial charge on any atom is 0.200 e. The molecule has 2 aromatic carbocycles. The standard InChI is InChI=1S/C18H16O3/c1-11(2)9-15(19)12-7-8-14-17(10-12)21-16-6-4-3-5-13(16)18(14)20/h3-10,15,19H,1-2H3. The lowest BCUT2D eigenvalue weighted by molar-refractivity contribution is 0.228. The minimum absolute atomic E-state index is 0.0462. The van der Waals surface area contributed by atoms with Gasteiger partial charge in [-0.3, -0.25) is 4.79 Å². The number of benzene rings is 2. The molecule has 0 spiro atoms. The van der Waals surface area contributed by atoms with Gasteiger partial charge >= 0.3 is 0 Å². The van der Waals surface area contributed by atoms with Crippen molar-refractivity contribution in [2.45, 2.75) is 20.0 Å². The molecule has 3 rings (SSSR count). The van der Waals surface area contributed by atoms with Crippen molar-refractivity contribution in [2.24, 2.45) is 0 Å². The Bertz CT molecular complexity index is 899. The van der Waals surface area contributed by atoms with Gasteiger partial charge in [0.15, 0.2) is 0 Å². The smallest absolute Gasteiger partial charge is 0.200 e. The summed E-state index contributed by atoms with van der Waals surface area (Å²) in [6, 6.07) is 12.4. The van der Waals surface area contributed by atoms with Crippen molar-refractivity contribution in [1.29, 1.82) is 0 Å². The zero-order valence-electron chi connectivity index (χ0n) is 12.0. The summed E-state index contributed by atoms with van der Waals surface area (Å²) in [5.41, 5.74) is 2.75. The molecule has 0 aliphatic heterocycles. The lowest BCUT2D eigenvalue weighted by Gasteiger charge is -2.08. The van der Waals surface area contributed by atoms with Crippen molar-refractivity contribution in [3.8, 4) is 0 Å². The Morgan fingerprint density at radius 2 is 1.81 bits per heavy atom. The van der Waals surface area contributed by atoms with E-state index in [1.807, 2.05) is 26.0 Å². The molecule has 1 heterocycles. The molecule has 1 N–H and O–H groups in total. The van der Waals surface area contributed by atoms with E-state index in [1.165, 1.54) is 0 Å². The Morgan fingerprint density at radius 3 is 2.57 bits per heavy atom. The molecular weight excluding hydrogens is 264 g/mol. The molecule has 0 aliphatic carbocycles. The first kappa shape index (κ1) is 13.6. The Labute approximate surface area is 122 Å². The van der Waals surface area contributed by atoms with E-state index in [2.05, 4.69) is 0 Å². The fourth-order valence-corrected chi connectivity index (χ4v) is 2.41. The van der Waals surface area contributed by atoms with Gasteiger partial charge in [0, 0.05) is 0 Å². The Morgan fingerprint density at radius 1 is 1.10 bits per heavy atom. The maximum absolute atomic E-state index is 12.4. The zero-order valence-corrected chi connectivity index (χ0v) is 12.0. The molecule has 1 unspecified atom stereocenters. The minimum atomic E-state index is -0.698. The van der Waals surface area contributed by atoms with Gasteiger partial charge in [0.2, 0.25) is 5.43 Å². The highest BCUT2D eigenvalue weighted by Crippen LogP contribution is 2.23. The quantitative estimate of drug-likeness (QED) is 0.571. The molecule has 3 aromatic rings. The van der Waals surface area contributed by atoms with Crippen LogP contribution < -0.4 is 5.43 Å². The van der Waals surface area contributed by atoms with E-state index in [9.17, 15) is 9.90 Å². The van der Waals surface area contributed by atoms with Crippen molar-refractivity contribution in [3.05, 3.63) is 69.9 Å². The van der Waals surface area contributed by atoms with Gasteiger partial charge in [-0.15, -0.1) is 0 Å². The topological polar surface area (TPSA) is 50.4 Å². The van der Waals surface area contributed by atoms with E-state index in [0.29, 0.717) is 27.5 Å². The molecular formula is C18H16O3. The number of aliphatic hydroxyl groups is 1. The molecule has 0 amide bonds. The van der Waals surface area contributed by atoms with Crippen LogP contribution in [-0.4, -0.2) is 5.11 Å². The Kier molecular flexibility index (Phi) is 3.35. The van der Waals surface area contributed by atoms with E-state index in [4.69, 9.17) is 4.42 Å². The lowest BCUT2D eigenvalue weighted by atomic mass is 10.0. The molecule has 106 valence electrons. The molecule has 1 aromatic heterocycles. The van der Waals surface area contributed by atoms with Gasteiger partial charge in [-0.25, -0.2) is 0 Å². The van der Waals surface area contributed by atoms with Gasteiger partial charge in [-0.05, 0) is 43.7 Å². The predicted molar refractivity (Wildman–Crippen MR) is 84.4 cm³/mol. The molecule has 0 radical (unpaired) electrons. The first-order valence-electron chi connectivity index (χ1n) is 6.85. The molecule has 0 fully saturated rings. The van der Waals surface area contributed by atoms with Gasteiger partial charge in [0.1, 0.15) is 11.2 Å². The van der Waals surface area contributed by atoms with E-state index in [-0.39, 0.29) is 5.43 Å². The van der Waals surface area contributed by atoms with E-state index in [1.54, 1.807) is 36.4 Å². The molecule has 0 saturated carbocycles. The summed E-state index contributed by atoms with van der Waals surface area (Å²) >= 11 is 0. The summed E-state index contributed by atoms with van der Waals surface area (Å²) in [5, 5.41) is 11.2. The van der Waals surface area contributed by atoms with Crippen LogP contribution in [0.2, 0.25) is 0 Å². The summed E-state index contributed by atoms with van der Waals surface area (Å²) in [4.78, 5) is 12.4. The second-order valence-corrected chi connectivity index (χ2v) is 5.37. The average Bonchev–Trinajstić information content (AvgIpc) is 2.46. The van der Waals surface area contributed by atoms with Crippen LogP contribution in [0.5, 0.6) is 0 Å². The van der Waals surface area contributed by atoms with Crippen LogP contribution in [-0.2, 0) is 0 Å². The molecule has 0 aliphatic rings. The van der Waals surface area contributed by atoms with E-state index >= 15 is 0 Å². The van der Waals surface area contributed by atoms with Crippen molar-refractivity contribution in [3.63, 3.8) is 0 Å². The average molecular weight is 280 g/mol. The first-order valence-corrected chi connectivity index (χ1v) is 6.85. The summed E-state index contributed by atoms with van der Waals surface area (Å²) < 4.78 is 5.79. The van der Waals surface area contributed by atoms with Gasteiger partial charge in [0.05, 0.1) is 16.9 Å². The first-order chi connectivity index (χ1) is 10.1. The van der Waals surface area contributed by atoms with Gasteiger partial charge in [-0.2, -0.15) is 0 Å².